The van der Waals surface area contributed by atoms with E-state index in [0.717, 1.165) is 11.1 Å². The highest BCUT2D eigenvalue weighted by atomic mass is 35.5. The number of amides is 1. The Hall–Kier alpha value is -1.93. The van der Waals surface area contributed by atoms with E-state index in [9.17, 15) is 13.2 Å². The first-order chi connectivity index (χ1) is 13.3. The van der Waals surface area contributed by atoms with Gasteiger partial charge in [0.25, 0.3) is 0 Å². The molecule has 0 radical (unpaired) electrons. The van der Waals surface area contributed by atoms with Gasteiger partial charge in [0.2, 0.25) is 15.9 Å². The van der Waals surface area contributed by atoms with Gasteiger partial charge in [-0.2, -0.15) is 0 Å². The molecule has 28 heavy (non-hydrogen) atoms. The Morgan fingerprint density at radius 1 is 1.11 bits per heavy atom. The molecule has 1 amide bonds. The second kappa shape index (κ2) is 10.6. The first-order valence-corrected chi connectivity index (χ1v) is 10.8. The summed E-state index contributed by atoms with van der Waals surface area (Å²) in [6.07, 6.45) is 0.178. The molecule has 0 spiro atoms. The van der Waals surface area contributed by atoms with Gasteiger partial charge in [0.1, 0.15) is 4.90 Å². The Balaban J connectivity index is 1.79. The molecule has 0 aromatic heterocycles. The van der Waals surface area contributed by atoms with Crippen LogP contribution in [-0.4, -0.2) is 27.0 Å². The van der Waals surface area contributed by atoms with Crippen molar-refractivity contribution in [3.63, 3.8) is 0 Å². The SMILES string of the molecule is CC(C)OCc1cccc(CNC(=O)CCNS(=O)(=O)c2ccccc2Cl)c1. The van der Waals surface area contributed by atoms with Gasteiger partial charge in [0, 0.05) is 19.5 Å². The Morgan fingerprint density at radius 3 is 2.54 bits per heavy atom. The molecule has 0 unspecified atom stereocenters. The van der Waals surface area contributed by atoms with Crippen LogP contribution in [0.25, 0.3) is 0 Å². The van der Waals surface area contributed by atoms with E-state index >= 15 is 0 Å². The zero-order chi connectivity index (χ0) is 20.6. The fourth-order valence-corrected chi connectivity index (χ4v) is 3.97. The number of halogens is 1. The van der Waals surface area contributed by atoms with Crippen LogP contribution >= 0.6 is 11.6 Å². The highest BCUT2D eigenvalue weighted by molar-refractivity contribution is 7.89. The Labute approximate surface area is 171 Å². The molecule has 0 saturated heterocycles. The van der Waals surface area contributed by atoms with Gasteiger partial charge in [0.15, 0.2) is 0 Å². The quantitative estimate of drug-likeness (QED) is 0.613. The molecule has 0 aliphatic rings. The van der Waals surface area contributed by atoms with E-state index in [4.69, 9.17) is 16.3 Å². The monoisotopic (exact) mass is 424 g/mol. The molecule has 0 atom stereocenters. The summed E-state index contributed by atoms with van der Waals surface area (Å²) in [5, 5.41) is 2.93. The molecule has 0 fully saturated rings. The molecule has 0 saturated carbocycles. The van der Waals surface area contributed by atoms with Crippen LogP contribution in [0.1, 0.15) is 31.4 Å². The molecule has 0 heterocycles. The summed E-state index contributed by atoms with van der Waals surface area (Å²) in [6, 6.07) is 13.9. The molecular weight excluding hydrogens is 400 g/mol. The summed E-state index contributed by atoms with van der Waals surface area (Å²) in [5.41, 5.74) is 1.99. The average molecular weight is 425 g/mol. The lowest BCUT2D eigenvalue weighted by Gasteiger charge is -2.10. The van der Waals surface area contributed by atoms with Crippen molar-refractivity contribution in [1.82, 2.24) is 10.0 Å². The van der Waals surface area contributed by atoms with E-state index < -0.39 is 10.0 Å². The van der Waals surface area contributed by atoms with E-state index in [1.165, 1.54) is 12.1 Å². The number of sulfonamides is 1. The normalized spacial score (nSPS) is 11.6. The minimum Gasteiger partial charge on any atom is -0.374 e. The molecule has 0 aliphatic carbocycles. The molecule has 2 N–H and O–H groups in total. The van der Waals surface area contributed by atoms with Crippen molar-refractivity contribution in [2.75, 3.05) is 6.54 Å². The fraction of sp³-hybridized carbons (Fsp3) is 0.350. The van der Waals surface area contributed by atoms with Gasteiger partial charge >= 0.3 is 0 Å². The third kappa shape index (κ3) is 7.24. The number of nitrogens with one attached hydrogen (secondary N) is 2. The standard InChI is InChI=1S/C20H25ClN2O4S/c1-15(2)27-14-17-7-5-6-16(12-17)13-22-20(24)10-11-23-28(25,26)19-9-4-3-8-18(19)21/h3-9,12,15,23H,10-11,13-14H2,1-2H3,(H,22,24). The van der Waals surface area contributed by atoms with Gasteiger partial charge in [-0.25, -0.2) is 13.1 Å². The highest BCUT2D eigenvalue weighted by Gasteiger charge is 2.17. The third-order valence-corrected chi connectivity index (χ3v) is 5.80. The lowest BCUT2D eigenvalue weighted by molar-refractivity contribution is -0.121. The third-order valence-electron chi connectivity index (χ3n) is 3.83. The fourth-order valence-electron chi connectivity index (χ4n) is 2.42. The molecule has 152 valence electrons. The first-order valence-electron chi connectivity index (χ1n) is 8.98. The summed E-state index contributed by atoms with van der Waals surface area (Å²) < 4.78 is 32.4. The minimum absolute atomic E-state index is 0.00231. The zero-order valence-electron chi connectivity index (χ0n) is 15.9. The summed E-state index contributed by atoms with van der Waals surface area (Å²) in [5.74, 6) is -0.245. The van der Waals surface area contributed by atoms with Crippen LogP contribution in [0, 0.1) is 0 Å². The van der Waals surface area contributed by atoms with Crippen LogP contribution in [0.15, 0.2) is 53.4 Å². The van der Waals surface area contributed by atoms with Gasteiger partial charge < -0.3 is 10.1 Å². The Morgan fingerprint density at radius 2 is 1.82 bits per heavy atom. The number of carbonyl (C=O) groups is 1. The van der Waals surface area contributed by atoms with Crippen molar-refractivity contribution in [2.45, 2.75) is 44.4 Å². The maximum atomic E-state index is 12.2. The maximum Gasteiger partial charge on any atom is 0.242 e. The first kappa shape index (κ1) is 22.4. The van der Waals surface area contributed by atoms with Crippen LogP contribution in [0.5, 0.6) is 0 Å². The zero-order valence-corrected chi connectivity index (χ0v) is 17.5. The van der Waals surface area contributed by atoms with Gasteiger partial charge in [-0.05, 0) is 37.1 Å². The molecule has 2 aromatic rings. The van der Waals surface area contributed by atoms with E-state index in [1.807, 2.05) is 38.1 Å². The van der Waals surface area contributed by atoms with Crippen molar-refractivity contribution in [3.8, 4) is 0 Å². The molecule has 6 nitrogen and oxygen atoms in total. The molecule has 2 aromatic carbocycles. The smallest absolute Gasteiger partial charge is 0.242 e. The minimum atomic E-state index is -3.75. The predicted molar refractivity (Wildman–Crippen MR) is 109 cm³/mol. The Kier molecular flexibility index (Phi) is 8.44. The second-order valence-electron chi connectivity index (χ2n) is 6.53. The van der Waals surface area contributed by atoms with Crippen LogP contribution in [0.4, 0.5) is 0 Å². The van der Waals surface area contributed by atoms with E-state index in [1.54, 1.807) is 12.1 Å². The number of benzene rings is 2. The van der Waals surface area contributed by atoms with Crippen molar-refractivity contribution >= 4 is 27.5 Å². The number of carbonyl (C=O) groups excluding carboxylic acids is 1. The van der Waals surface area contributed by atoms with E-state index in [0.29, 0.717) is 13.2 Å². The number of hydrogen-bond donors (Lipinski definition) is 2. The summed E-state index contributed by atoms with van der Waals surface area (Å²) in [7, 11) is -3.75. The maximum absolute atomic E-state index is 12.2. The number of hydrogen-bond acceptors (Lipinski definition) is 4. The predicted octanol–water partition coefficient (Wildman–Crippen LogP) is 3.25. The molecule has 2 rings (SSSR count). The second-order valence-corrected chi connectivity index (χ2v) is 8.68. The van der Waals surface area contributed by atoms with Crippen LogP contribution in [0.3, 0.4) is 0 Å². The van der Waals surface area contributed by atoms with Crippen molar-refractivity contribution in [2.24, 2.45) is 0 Å². The highest BCUT2D eigenvalue weighted by Crippen LogP contribution is 2.19. The van der Waals surface area contributed by atoms with Gasteiger partial charge in [0.05, 0.1) is 17.7 Å². The van der Waals surface area contributed by atoms with E-state index in [2.05, 4.69) is 10.0 Å². The molecule has 8 heteroatoms. The lowest BCUT2D eigenvalue weighted by atomic mass is 10.1. The van der Waals surface area contributed by atoms with Crippen molar-refractivity contribution in [1.29, 1.82) is 0 Å². The number of rotatable bonds is 10. The van der Waals surface area contributed by atoms with Gasteiger partial charge in [-0.1, -0.05) is 48.0 Å². The molecule has 0 bridgehead atoms. The van der Waals surface area contributed by atoms with Gasteiger partial charge in [-0.3, -0.25) is 4.79 Å². The lowest BCUT2D eigenvalue weighted by Crippen LogP contribution is -2.30. The summed E-state index contributed by atoms with van der Waals surface area (Å²) >= 11 is 5.91. The van der Waals surface area contributed by atoms with Gasteiger partial charge in [-0.15, -0.1) is 0 Å². The van der Waals surface area contributed by atoms with Crippen molar-refractivity contribution < 1.29 is 17.9 Å². The largest absolute Gasteiger partial charge is 0.374 e. The summed E-state index contributed by atoms with van der Waals surface area (Å²) in [4.78, 5) is 12.0. The molecular formula is C20H25ClN2O4S. The topological polar surface area (TPSA) is 84.5 Å². The molecule has 0 aliphatic heterocycles. The Bertz CT molecular complexity index is 901. The van der Waals surface area contributed by atoms with E-state index in [-0.39, 0.29) is 34.9 Å². The number of ether oxygens (including phenoxy) is 1. The van der Waals surface area contributed by atoms with Crippen molar-refractivity contribution in [3.05, 3.63) is 64.7 Å². The van der Waals surface area contributed by atoms with Crippen LogP contribution in [0.2, 0.25) is 5.02 Å². The van der Waals surface area contributed by atoms with Crippen LogP contribution in [-0.2, 0) is 32.7 Å². The van der Waals surface area contributed by atoms with Crippen LogP contribution < -0.4 is 10.0 Å². The summed E-state index contributed by atoms with van der Waals surface area (Å²) in [6.45, 7) is 4.82. The average Bonchev–Trinajstić information content (AvgIpc) is 2.65.